The van der Waals surface area contributed by atoms with Gasteiger partial charge in [-0.15, -0.1) is 11.3 Å². The Labute approximate surface area is 194 Å². The summed E-state index contributed by atoms with van der Waals surface area (Å²) in [6, 6.07) is 8.25. The number of thiazole rings is 1. The number of hydrogen-bond acceptors (Lipinski definition) is 9. The predicted octanol–water partition coefficient (Wildman–Crippen LogP) is 4.04. The second-order valence-electron chi connectivity index (χ2n) is 7.65. The summed E-state index contributed by atoms with van der Waals surface area (Å²) >= 11 is 1.63. The van der Waals surface area contributed by atoms with Crippen molar-refractivity contribution >= 4 is 40.0 Å². The van der Waals surface area contributed by atoms with Crippen LogP contribution < -0.4 is 16.0 Å². The first-order valence-electron chi connectivity index (χ1n) is 10.6. The van der Waals surface area contributed by atoms with E-state index in [0.717, 1.165) is 49.4 Å². The summed E-state index contributed by atoms with van der Waals surface area (Å²) in [5.41, 5.74) is 8.74. The maximum Gasteiger partial charge on any atom is 0.188 e. The summed E-state index contributed by atoms with van der Waals surface area (Å²) < 4.78 is 0. The van der Waals surface area contributed by atoms with Crippen LogP contribution in [0.15, 0.2) is 53.9 Å². The van der Waals surface area contributed by atoms with Crippen molar-refractivity contribution in [2.75, 3.05) is 36.4 Å². The minimum atomic E-state index is 0. The quantitative estimate of drug-likeness (QED) is 0.525. The number of pyridine rings is 2. The van der Waals surface area contributed by atoms with E-state index >= 15 is 0 Å². The lowest BCUT2D eigenvalue weighted by atomic mass is 10.2. The predicted molar refractivity (Wildman–Crippen MR) is 134 cm³/mol. The smallest absolute Gasteiger partial charge is 0.188 e. The molecule has 1 fully saturated rings. The minimum absolute atomic E-state index is 0. The summed E-state index contributed by atoms with van der Waals surface area (Å²) in [4.78, 5) is 23.7. The van der Waals surface area contributed by atoms with E-state index in [4.69, 9.17) is 5.73 Å². The number of anilines is 3. The van der Waals surface area contributed by atoms with Crippen LogP contribution >= 0.6 is 11.3 Å². The van der Waals surface area contributed by atoms with Crippen molar-refractivity contribution in [3.8, 4) is 0 Å². The average Bonchev–Trinajstić information content (AvgIpc) is 3.19. The van der Waals surface area contributed by atoms with Gasteiger partial charge in [-0.25, -0.2) is 19.9 Å². The van der Waals surface area contributed by atoms with Gasteiger partial charge in [0.2, 0.25) is 0 Å². The molecule has 3 aromatic rings. The van der Waals surface area contributed by atoms with E-state index in [9.17, 15) is 0 Å². The highest BCUT2D eigenvalue weighted by Crippen LogP contribution is 2.24. The fraction of sp³-hybridized carbons (Fsp3) is 0.304. The summed E-state index contributed by atoms with van der Waals surface area (Å²) in [5, 5.41) is 4.17. The number of allylic oxidation sites excluding steroid dienone is 1. The van der Waals surface area contributed by atoms with Crippen molar-refractivity contribution in [3.05, 3.63) is 65.1 Å². The number of piperazine rings is 1. The van der Waals surface area contributed by atoms with Gasteiger partial charge >= 0.3 is 0 Å². The number of nitrogens with one attached hydrogen (secondary N) is 1. The normalized spacial score (nSPS) is 15.1. The molecule has 168 valence electrons. The highest BCUT2D eigenvalue weighted by molar-refractivity contribution is 7.15. The van der Waals surface area contributed by atoms with Crippen LogP contribution in [0.4, 0.5) is 22.5 Å². The first kappa shape index (κ1) is 21.9. The van der Waals surface area contributed by atoms with Crippen LogP contribution in [0.2, 0.25) is 0 Å². The van der Waals surface area contributed by atoms with Crippen molar-refractivity contribution in [1.29, 1.82) is 0 Å². The second kappa shape index (κ2) is 10.3. The van der Waals surface area contributed by atoms with Crippen molar-refractivity contribution in [1.82, 2.24) is 19.9 Å². The maximum absolute atomic E-state index is 5.33. The molecular formula is C23H30N8S. The third-order valence-corrected chi connectivity index (χ3v) is 6.08. The van der Waals surface area contributed by atoms with E-state index in [1.54, 1.807) is 23.6 Å². The fourth-order valence-corrected chi connectivity index (χ4v) is 4.36. The van der Waals surface area contributed by atoms with Gasteiger partial charge in [0.25, 0.3) is 0 Å². The number of nitrogens with two attached hydrogens (primary N) is 1. The Kier molecular flexibility index (Phi) is 7.08. The summed E-state index contributed by atoms with van der Waals surface area (Å²) in [7, 11) is 0. The van der Waals surface area contributed by atoms with Crippen LogP contribution in [0, 0.1) is 13.8 Å². The van der Waals surface area contributed by atoms with Gasteiger partial charge in [0.05, 0.1) is 11.4 Å². The number of hydrogen-bond donors (Lipinski definition) is 2. The third-order valence-electron chi connectivity index (χ3n) is 5.25. The Hall–Kier alpha value is -3.30. The number of aliphatic imine (C=N–C) groups is 1. The molecule has 0 unspecified atom stereocenters. The SMILES string of the molecule is Cc1cnc(Nc2cc(CN3CCN(c4ccc(N=C/C=C\N)nc4C)CC3)ccn2)s1.[HH]. The van der Waals surface area contributed by atoms with Crippen molar-refractivity contribution in [2.45, 2.75) is 20.4 Å². The Morgan fingerprint density at radius 2 is 2.03 bits per heavy atom. The van der Waals surface area contributed by atoms with Crippen LogP contribution in [0.5, 0.6) is 0 Å². The number of nitrogens with zero attached hydrogens (tertiary/aromatic N) is 6. The molecule has 4 heterocycles. The fourth-order valence-electron chi connectivity index (χ4n) is 3.68. The Balaban J connectivity index is 0.00000306. The topological polar surface area (TPSA) is 95.6 Å². The average molecular weight is 451 g/mol. The maximum atomic E-state index is 5.33. The minimum Gasteiger partial charge on any atom is -0.405 e. The van der Waals surface area contributed by atoms with Gasteiger partial charge in [-0.3, -0.25) is 4.90 Å². The van der Waals surface area contributed by atoms with Gasteiger partial charge in [-0.05, 0) is 56.0 Å². The lowest BCUT2D eigenvalue weighted by Gasteiger charge is -2.36. The molecule has 3 N–H and O–H groups in total. The molecule has 0 saturated carbocycles. The highest BCUT2D eigenvalue weighted by Gasteiger charge is 2.19. The molecule has 0 spiro atoms. The second-order valence-corrected chi connectivity index (χ2v) is 8.89. The molecular weight excluding hydrogens is 420 g/mol. The van der Waals surface area contributed by atoms with Gasteiger partial charge in [0, 0.05) is 57.6 Å². The summed E-state index contributed by atoms with van der Waals surface area (Å²) in [5.74, 6) is 1.53. The lowest BCUT2D eigenvalue weighted by molar-refractivity contribution is 0.249. The van der Waals surface area contributed by atoms with E-state index in [0.29, 0.717) is 5.82 Å². The largest absolute Gasteiger partial charge is 0.405 e. The first-order chi connectivity index (χ1) is 15.6. The van der Waals surface area contributed by atoms with Crippen LogP contribution in [-0.2, 0) is 6.54 Å². The molecule has 1 saturated heterocycles. The lowest BCUT2D eigenvalue weighted by Crippen LogP contribution is -2.46. The van der Waals surface area contributed by atoms with Crippen LogP contribution in [-0.4, -0.2) is 52.2 Å². The van der Waals surface area contributed by atoms with E-state index in [2.05, 4.69) is 53.3 Å². The van der Waals surface area contributed by atoms with E-state index in [1.807, 2.05) is 32.3 Å². The van der Waals surface area contributed by atoms with Crippen molar-refractivity contribution in [2.24, 2.45) is 10.7 Å². The Morgan fingerprint density at radius 1 is 1.19 bits per heavy atom. The number of aryl methyl sites for hydroxylation is 2. The Morgan fingerprint density at radius 3 is 2.75 bits per heavy atom. The zero-order chi connectivity index (χ0) is 22.3. The molecule has 0 bridgehead atoms. The molecule has 0 aliphatic carbocycles. The monoisotopic (exact) mass is 450 g/mol. The van der Waals surface area contributed by atoms with E-state index in [-0.39, 0.29) is 1.43 Å². The van der Waals surface area contributed by atoms with Crippen LogP contribution in [0.25, 0.3) is 0 Å². The summed E-state index contributed by atoms with van der Waals surface area (Å²) in [6.45, 7) is 8.92. The zero-order valence-corrected chi connectivity index (χ0v) is 19.2. The molecule has 0 aromatic carbocycles. The van der Waals surface area contributed by atoms with E-state index in [1.165, 1.54) is 22.3 Å². The van der Waals surface area contributed by atoms with Crippen molar-refractivity contribution in [3.63, 3.8) is 0 Å². The molecule has 3 aromatic heterocycles. The molecule has 8 nitrogen and oxygen atoms in total. The molecule has 0 atom stereocenters. The summed E-state index contributed by atoms with van der Waals surface area (Å²) in [6.07, 6.45) is 8.52. The molecule has 32 heavy (non-hydrogen) atoms. The molecule has 0 amide bonds. The highest BCUT2D eigenvalue weighted by atomic mass is 32.1. The standard InChI is InChI=1S/C23H28N8S.H2/c1-17-15-27-23(32-17)29-22-14-19(6-9-26-22)16-30-10-12-31(13-11-30)20-4-5-21(28-18(20)2)25-8-3-7-24;/h3-9,14-15H,10-13,16,24H2,1-2H3,(H,26,27,29);1H/b7-3-,25-8?;. The molecule has 9 heteroatoms. The van der Waals surface area contributed by atoms with Gasteiger partial charge in [-0.2, -0.15) is 0 Å². The van der Waals surface area contributed by atoms with Crippen LogP contribution in [0.1, 0.15) is 17.6 Å². The number of rotatable bonds is 7. The van der Waals surface area contributed by atoms with E-state index < -0.39 is 0 Å². The number of aromatic nitrogens is 3. The molecule has 1 aliphatic rings. The first-order valence-corrected chi connectivity index (χ1v) is 11.4. The van der Waals surface area contributed by atoms with Crippen LogP contribution in [0.3, 0.4) is 0 Å². The van der Waals surface area contributed by atoms with Gasteiger partial charge in [-0.1, -0.05) is 0 Å². The zero-order valence-electron chi connectivity index (χ0n) is 18.4. The van der Waals surface area contributed by atoms with Gasteiger partial charge < -0.3 is 16.0 Å². The molecule has 4 rings (SSSR count). The Bertz CT molecular complexity index is 1110. The van der Waals surface area contributed by atoms with Gasteiger partial charge in [0.1, 0.15) is 5.82 Å². The van der Waals surface area contributed by atoms with Gasteiger partial charge in [0.15, 0.2) is 10.9 Å². The third kappa shape index (κ3) is 5.68. The molecule has 1 aliphatic heterocycles. The van der Waals surface area contributed by atoms with Crippen molar-refractivity contribution < 1.29 is 1.43 Å². The molecule has 0 radical (unpaired) electrons.